The molecule has 0 unspecified atom stereocenters. The summed E-state index contributed by atoms with van der Waals surface area (Å²) < 4.78 is 5.46. The molecule has 0 aliphatic carbocycles. The van der Waals surface area contributed by atoms with E-state index in [1.165, 1.54) is 6.07 Å². The van der Waals surface area contributed by atoms with Crippen molar-refractivity contribution in [3.63, 3.8) is 0 Å². The molecule has 1 aromatic rings. The first-order valence-electron chi connectivity index (χ1n) is 4.39. The summed E-state index contributed by atoms with van der Waals surface area (Å²) in [7, 11) is 0. The lowest BCUT2D eigenvalue weighted by atomic mass is 10.2. The fraction of sp³-hybridized carbons (Fsp3) is 0.400. The molecule has 1 rings (SSSR count). The number of hydrogen-bond acceptors (Lipinski definition) is 1. The average Bonchev–Trinajstić information content (AvgIpc) is 2.14. The number of rotatable bonds is 3. The first-order chi connectivity index (χ1) is 6.93. The van der Waals surface area contributed by atoms with E-state index in [0.29, 0.717) is 28.3 Å². The largest absolute Gasteiger partial charge is 0.490 e. The van der Waals surface area contributed by atoms with E-state index >= 15 is 0 Å². The molecule has 0 fully saturated rings. The van der Waals surface area contributed by atoms with Crippen molar-refractivity contribution in [3.05, 3.63) is 26.2 Å². The molecule has 0 bridgehead atoms. The lowest BCUT2D eigenvalue weighted by molar-refractivity contribution is 0.271. The third-order valence-corrected chi connectivity index (χ3v) is 3.16. The summed E-state index contributed by atoms with van der Waals surface area (Å²) in [5.74, 6) is 0.771. The molecule has 0 radical (unpaired) electrons. The molecule has 0 spiro atoms. The molecular formula is C10H10Cl4O. The van der Waals surface area contributed by atoms with Gasteiger partial charge in [0.25, 0.3) is 0 Å². The Kier molecular flexibility index (Phi) is 4.85. The van der Waals surface area contributed by atoms with E-state index in [9.17, 15) is 0 Å². The average molecular weight is 288 g/mol. The fourth-order valence-electron chi connectivity index (χ4n) is 0.932. The van der Waals surface area contributed by atoms with Crippen molar-refractivity contribution in [3.8, 4) is 5.75 Å². The van der Waals surface area contributed by atoms with Crippen LogP contribution in [0.25, 0.3) is 0 Å². The van der Waals surface area contributed by atoms with Gasteiger partial charge in [-0.1, -0.05) is 60.3 Å². The highest BCUT2D eigenvalue weighted by atomic mass is 35.5. The van der Waals surface area contributed by atoms with Crippen molar-refractivity contribution in [1.82, 2.24) is 0 Å². The number of halogens is 4. The Morgan fingerprint density at radius 1 is 1.07 bits per heavy atom. The number of ether oxygens (including phenoxy) is 1. The van der Waals surface area contributed by atoms with E-state index in [1.54, 1.807) is 0 Å². The van der Waals surface area contributed by atoms with Gasteiger partial charge in [0.15, 0.2) is 5.75 Å². The second-order valence-electron chi connectivity index (χ2n) is 3.50. The van der Waals surface area contributed by atoms with Gasteiger partial charge in [-0.05, 0) is 12.0 Å². The molecule has 84 valence electrons. The van der Waals surface area contributed by atoms with E-state index in [-0.39, 0.29) is 10.0 Å². The first kappa shape index (κ1) is 13.2. The Hall–Kier alpha value is 0.180. The maximum atomic E-state index is 5.96. The summed E-state index contributed by atoms with van der Waals surface area (Å²) in [6.45, 7) is 4.58. The molecule has 1 nitrogen and oxygen atoms in total. The van der Waals surface area contributed by atoms with Crippen LogP contribution in [0.15, 0.2) is 6.07 Å². The minimum Gasteiger partial charge on any atom is -0.490 e. The van der Waals surface area contributed by atoms with Gasteiger partial charge < -0.3 is 4.74 Å². The Balaban J connectivity index is 3.02. The summed E-state index contributed by atoms with van der Waals surface area (Å²) in [6, 6.07) is 1.52. The topological polar surface area (TPSA) is 9.23 Å². The van der Waals surface area contributed by atoms with E-state index in [2.05, 4.69) is 0 Å². The Bertz CT molecular complexity index is 363. The predicted molar refractivity (Wildman–Crippen MR) is 66.8 cm³/mol. The normalized spacial score (nSPS) is 10.9. The number of benzene rings is 1. The maximum absolute atomic E-state index is 5.96. The molecule has 0 atom stereocenters. The summed E-state index contributed by atoms with van der Waals surface area (Å²) in [6.07, 6.45) is 0. The van der Waals surface area contributed by atoms with E-state index in [1.807, 2.05) is 13.8 Å². The zero-order valence-corrected chi connectivity index (χ0v) is 11.3. The Labute approximate surface area is 109 Å². The Morgan fingerprint density at radius 3 is 2.20 bits per heavy atom. The first-order valence-corrected chi connectivity index (χ1v) is 5.90. The van der Waals surface area contributed by atoms with E-state index in [4.69, 9.17) is 51.1 Å². The monoisotopic (exact) mass is 286 g/mol. The third-order valence-electron chi connectivity index (χ3n) is 1.63. The molecule has 0 amide bonds. The molecule has 0 heterocycles. The fourth-order valence-corrected chi connectivity index (χ4v) is 1.94. The lowest BCUT2D eigenvalue weighted by Gasteiger charge is -2.13. The van der Waals surface area contributed by atoms with Crippen LogP contribution in [0, 0.1) is 5.92 Å². The van der Waals surface area contributed by atoms with Crippen LogP contribution >= 0.6 is 46.4 Å². The SMILES string of the molecule is CC(C)COc1c(Cl)cc(Cl)c(Cl)c1Cl. The molecule has 0 saturated carbocycles. The van der Waals surface area contributed by atoms with Gasteiger partial charge in [-0.2, -0.15) is 0 Å². The van der Waals surface area contributed by atoms with Gasteiger partial charge in [-0.3, -0.25) is 0 Å². The molecule has 0 saturated heterocycles. The van der Waals surface area contributed by atoms with Gasteiger partial charge in [-0.15, -0.1) is 0 Å². The van der Waals surface area contributed by atoms with Crippen molar-refractivity contribution < 1.29 is 4.74 Å². The van der Waals surface area contributed by atoms with Crippen molar-refractivity contribution >= 4 is 46.4 Å². The summed E-state index contributed by atoms with van der Waals surface area (Å²) in [5.41, 5.74) is 0. The highest BCUT2D eigenvalue weighted by Crippen LogP contribution is 2.42. The van der Waals surface area contributed by atoms with Gasteiger partial charge in [0, 0.05) is 0 Å². The van der Waals surface area contributed by atoms with Crippen molar-refractivity contribution in [2.75, 3.05) is 6.61 Å². The van der Waals surface area contributed by atoms with Gasteiger partial charge >= 0.3 is 0 Å². The van der Waals surface area contributed by atoms with Crippen LogP contribution in [0.3, 0.4) is 0 Å². The molecule has 0 aliphatic heterocycles. The standard InChI is InChI=1S/C10H10Cl4O/c1-5(2)4-15-10-7(12)3-6(11)8(13)9(10)14/h3,5H,4H2,1-2H3. The van der Waals surface area contributed by atoms with Crippen LogP contribution in [0.1, 0.15) is 13.8 Å². The molecule has 0 aliphatic rings. The van der Waals surface area contributed by atoms with Crippen LogP contribution in [0.2, 0.25) is 20.1 Å². The van der Waals surface area contributed by atoms with Gasteiger partial charge in [-0.25, -0.2) is 0 Å². The summed E-state index contributed by atoms with van der Waals surface area (Å²) in [4.78, 5) is 0. The third kappa shape index (κ3) is 3.32. The van der Waals surface area contributed by atoms with E-state index in [0.717, 1.165) is 0 Å². The summed E-state index contributed by atoms with van der Waals surface area (Å²) in [5, 5.41) is 1.22. The highest BCUT2D eigenvalue weighted by molar-refractivity contribution is 6.50. The number of hydrogen-bond donors (Lipinski definition) is 0. The minimum absolute atomic E-state index is 0.259. The molecule has 1 aromatic carbocycles. The van der Waals surface area contributed by atoms with Crippen LogP contribution in [0.5, 0.6) is 5.75 Å². The van der Waals surface area contributed by atoms with Gasteiger partial charge in [0.05, 0.1) is 21.7 Å². The van der Waals surface area contributed by atoms with Crippen LogP contribution in [-0.2, 0) is 0 Å². The van der Waals surface area contributed by atoms with Crippen molar-refractivity contribution in [2.24, 2.45) is 5.92 Å². The quantitative estimate of drug-likeness (QED) is 0.539. The minimum atomic E-state index is 0.259. The molecule has 5 heteroatoms. The van der Waals surface area contributed by atoms with E-state index < -0.39 is 0 Å². The zero-order valence-electron chi connectivity index (χ0n) is 8.28. The van der Waals surface area contributed by atoms with Gasteiger partial charge in [0.2, 0.25) is 0 Å². The smallest absolute Gasteiger partial charge is 0.158 e. The van der Waals surface area contributed by atoms with Crippen molar-refractivity contribution in [1.29, 1.82) is 0 Å². The second-order valence-corrected chi connectivity index (χ2v) is 5.07. The highest BCUT2D eigenvalue weighted by Gasteiger charge is 2.15. The molecule has 0 N–H and O–H groups in total. The van der Waals surface area contributed by atoms with Crippen LogP contribution in [0.4, 0.5) is 0 Å². The Morgan fingerprint density at radius 2 is 1.67 bits per heavy atom. The van der Waals surface area contributed by atoms with Crippen LogP contribution in [-0.4, -0.2) is 6.61 Å². The molecule has 0 aromatic heterocycles. The molecular weight excluding hydrogens is 278 g/mol. The summed E-state index contributed by atoms with van der Waals surface area (Å²) >= 11 is 23.6. The molecule has 15 heavy (non-hydrogen) atoms. The van der Waals surface area contributed by atoms with Gasteiger partial charge in [0.1, 0.15) is 5.02 Å². The predicted octanol–water partition coefficient (Wildman–Crippen LogP) is 5.34. The van der Waals surface area contributed by atoms with Crippen LogP contribution < -0.4 is 4.74 Å². The lowest BCUT2D eigenvalue weighted by Crippen LogP contribution is -2.05. The second kappa shape index (κ2) is 5.49. The zero-order chi connectivity index (χ0) is 11.6. The maximum Gasteiger partial charge on any atom is 0.158 e. The van der Waals surface area contributed by atoms with Crippen molar-refractivity contribution in [2.45, 2.75) is 13.8 Å².